The molecule has 22 heavy (non-hydrogen) atoms. The van der Waals surface area contributed by atoms with Crippen LogP contribution >= 0.6 is 11.6 Å². The molecule has 0 atom stereocenters. The second-order valence-electron chi connectivity index (χ2n) is 4.32. The maximum Gasteiger partial charge on any atom is 0.416 e. The number of phenols is 1. The number of anilines is 2. The minimum Gasteiger partial charge on any atom is -0.506 e. The lowest BCUT2D eigenvalue weighted by Crippen LogP contribution is -2.19. The van der Waals surface area contributed by atoms with Gasteiger partial charge >= 0.3 is 12.2 Å². The number of hydrogen-bond donors (Lipinski definition) is 3. The Morgan fingerprint density at radius 2 is 1.68 bits per heavy atom. The molecule has 2 aromatic carbocycles. The van der Waals surface area contributed by atoms with E-state index in [4.69, 9.17) is 11.6 Å². The molecule has 0 radical (unpaired) electrons. The second-order valence-corrected chi connectivity index (χ2v) is 4.75. The maximum atomic E-state index is 12.4. The van der Waals surface area contributed by atoms with Crippen molar-refractivity contribution >= 4 is 29.0 Å². The number of nitrogens with one attached hydrogen (secondary N) is 2. The van der Waals surface area contributed by atoms with Gasteiger partial charge in [0.15, 0.2) is 0 Å². The molecule has 0 bridgehead atoms. The van der Waals surface area contributed by atoms with Crippen molar-refractivity contribution in [3.05, 3.63) is 53.1 Å². The molecule has 2 aromatic rings. The van der Waals surface area contributed by atoms with E-state index in [1.807, 2.05) is 0 Å². The third-order valence-electron chi connectivity index (χ3n) is 2.68. The third-order valence-corrected chi connectivity index (χ3v) is 2.91. The molecular formula is C14H10ClF3N2O2. The number of benzene rings is 2. The first-order chi connectivity index (χ1) is 10.3. The van der Waals surface area contributed by atoms with Crippen LogP contribution in [0, 0.1) is 0 Å². The number of carbonyl (C=O) groups is 1. The van der Waals surface area contributed by atoms with Crippen molar-refractivity contribution in [2.45, 2.75) is 6.18 Å². The molecule has 2 amide bonds. The number of hydrogen-bond acceptors (Lipinski definition) is 2. The molecule has 0 fully saturated rings. The van der Waals surface area contributed by atoms with Gasteiger partial charge in [-0.05, 0) is 42.5 Å². The van der Waals surface area contributed by atoms with E-state index in [0.29, 0.717) is 5.02 Å². The van der Waals surface area contributed by atoms with Crippen molar-refractivity contribution in [1.82, 2.24) is 0 Å². The highest BCUT2D eigenvalue weighted by molar-refractivity contribution is 6.31. The molecule has 0 spiro atoms. The molecule has 0 heterocycles. The summed E-state index contributed by atoms with van der Waals surface area (Å²) >= 11 is 5.73. The van der Waals surface area contributed by atoms with Crippen LogP contribution in [0.5, 0.6) is 5.75 Å². The predicted octanol–water partition coefficient (Wildman–Crippen LogP) is 4.71. The zero-order chi connectivity index (χ0) is 16.3. The summed E-state index contributed by atoms with van der Waals surface area (Å²) in [5.41, 5.74) is -0.560. The Morgan fingerprint density at radius 3 is 2.27 bits per heavy atom. The summed E-state index contributed by atoms with van der Waals surface area (Å²) in [7, 11) is 0. The predicted molar refractivity (Wildman–Crippen MR) is 77.2 cm³/mol. The highest BCUT2D eigenvalue weighted by atomic mass is 35.5. The molecule has 0 saturated heterocycles. The Balaban J connectivity index is 2.04. The summed E-state index contributed by atoms with van der Waals surface area (Å²) in [4.78, 5) is 11.7. The van der Waals surface area contributed by atoms with Gasteiger partial charge in [-0.15, -0.1) is 0 Å². The van der Waals surface area contributed by atoms with Gasteiger partial charge in [0.05, 0.1) is 11.3 Å². The van der Waals surface area contributed by atoms with Crippen molar-refractivity contribution in [2.75, 3.05) is 10.6 Å². The molecule has 0 saturated carbocycles. The Labute approximate surface area is 128 Å². The van der Waals surface area contributed by atoms with Gasteiger partial charge in [0.2, 0.25) is 0 Å². The van der Waals surface area contributed by atoms with Crippen LogP contribution in [0.1, 0.15) is 5.56 Å². The first kappa shape index (κ1) is 16.0. The van der Waals surface area contributed by atoms with E-state index < -0.39 is 17.8 Å². The summed E-state index contributed by atoms with van der Waals surface area (Å²) in [6.45, 7) is 0. The third kappa shape index (κ3) is 4.05. The molecule has 3 N–H and O–H groups in total. The highest BCUT2D eigenvalue weighted by Gasteiger charge is 2.29. The molecule has 0 aliphatic rings. The number of urea groups is 1. The van der Waals surface area contributed by atoms with E-state index in [1.54, 1.807) is 0 Å². The fourth-order valence-corrected chi connectivity index (χ4v) is 1.81. The molecule has 0 aliphatic carbocycles. The molecule has 2 rings (SSSR count). The number of aromatic hydroxyl groups is 1. The topological polar surface area (TPSA) is 61.4 Å². The quantitative estimate of drug-likeness (QED) is 0.698. The zero-order valence-electron chi connectivity index (χ0n) is 10.9. The Bertz CT molecular complexity index is 687. The van der Waals surface area contributed by atoms with Gasteiger partial charge < -0.3 is 15.7 Å². The highest BCUT2D eigenvalue weighted by Crippen LogP contribution is 2.30. The normalized spacial score (nSPS) is 11.1. The smallest absolute Gasteiger partial charge is 0.416 e. The lowest BCUT2D eigenvalue weighted by molar-refractivity contribution is -0.137. The average molecular weight is 331 g/mol. The molecular weight excluding hydrogens is 321 g/mol. The zero-order valence-corrected chi connectivity index (χ0v) is 11.7. The van der Waals surface area contributed by atoms with Crippen molar-refractivity contribution < 1.29 is 23.1 Å². The van der Waals surface area contributed by atoms with Crippen molar-refractivity contribution in [3.63, 3.8) is 0 Å². The average Bonchev–Trinajstić information content (AvgIpc) is 2.42. The first-order valence-electron chi connectivity index (χ1n) is 5.99. The van der Waals surface area contributed by atoms with Gasteiger partial charge in [0, 0.05) is 10.7 Å². The molecule has 0 aliphatic heterocycles. The van der Waals surface area contributed by atoms with Crippen molar-refractivity contribution in [2.24, 2.45) is 0 Å². The molecule has 116 valence electrons. The lowest BCUT2D eigenvalue weighted by atomic mass is 10.2. The number of phenolic OH excluding ortho intramolecular Hbond substituents is 1. The van der Waals surface area contributed by atoms with Gasteiger partial charge in [0.25, 0.3) is 0 Å². The molecule has 8 heteroatoms. The van der Waals surface area contributed by atoms with Crippen LogP contribution in [-0.2, 0) is 6.18 Å². The molecule has 4 nitrogen and oxygen atoms in total. The van der Waals surface area contributed by atoms with E-state index in [-0.39, 0.29) is 17.1 Å². The molecule has 0 unspecified atom stereocenters. The van der Waals surface area contributed by atoms with Gasteiger partial charge in [-0.25, -0.2) is 4.79 Å². The first-order valence-corrected chi connectivity index (χ1v) is 6.37. The van der Waals surface area contributed by atoms with Gasteiger partial charge in [0.1, 0.15) is 5.75 Å². The van der Waals surface area contributed by atoms with E-state index in [1.165, 1.54) is 18.2 Å². The summed E-state index contributed by atoms with van der Waals surface area (Å²) < 4.78 is 37.2. The van der Waals surface area contributed by atoms with Crippen LogP contribution in [0.15, 0.2) is 42.5 Å². The second kappa shape index (κ2) is 6.15. The van der Waals surface area contributed by atoms with Crippen LogP contribution < -0.4 is 10.6 Å². The minimum absolute atomic E-state index is 0.0805. The number of halogens is 4. The van der Waals surface area contributed by atoms with Crippen LogP contribution in [0.2, 0.25) is 5.02 Å². The Kier molecular flexibility index (Phi) is 4.46. The van der Waals surface area contributed by atoms with Crippen LogP contribution in [-0.4, -0.2) is 11.1 Å². The fourth-order valence-electron chi connectivity index (χ4n) is 1.64. The van der Waals surface area contributed by atoms with E-state index >= 15 is 0 Å². The van der Waals surface area contributed by atoms with Crippen LogP contribution in [0.3, 0.4) is 0 Å². The Morgan fingerprint density at radius 1 is 1.05 bits per heavy atom. The number of carbonyl (C=O) groups excluding carboxylic acids is 1. The van der Waals surface area contributed by atoms with Gasteiger partial charge in [-0.2, -0.15) is 13.2 Å². The van der Waals surface area contributed by atoms with Gasteiger partial charge in [-0.1, -0.05) is 11.6 Å². The van der Waals surface area contributed by atoms with Crippen LogP contribution in [0.4, 0.5) is 29.3 Å². The summed E-state index contributed by atoms with van der Waals surface area (Å²) in [6.07, 6.45) is -4.44. The Hall–Kier alpha value is -2.41. The summed E-state index contributed by atoms with van der Waals surface area (Å²) in [5.74, 6) is -0.188. The maximum absolute atomic E-state index is 12.4. The van der Waals surface area contributed by atoms with E-state index in [2.05, 4.69) is 10.6 Å². The van der Waals surface area contributed by atoms with Crippen LogP contribution in [0.25, 0.3) is 0 Å². The van der Waals surface area contributed by atoms with Gasteiger partial charge in [-0.3, -0.25) is 0 Å². The molecule has 0 aromatic heterocycles. The van der Waals surface area contributed by atoms with Crippen molar-refractivity contribution in [3.8, 4) is 5.75 Å². The minimum atomic E-state index is -4.44. The summed E-state index contributed by atoms with van der Waals surface area (Å²) in [6, 6.07) is 7.31. The van der Waals surface area contributed by atoms with E-state index in [9.17, 15) is 23.1 Å². The van der Waals surface area contributed by atoms with E-state index in [0.717, 1.165) is 24.3 Å². The number of rotatable bonds is 2. The number of alkyl halides is 3. The monoisotopic (exact) mass is 330 g/mol. The van der Waals surface area contributed by atoms with Crippen molar-refractivity contribution in [1.29, 1.82) is 0 Å². The lowest BCUT2D eigenvalue weighted by Gasteiger charge is -2.10. The summed E-state index contributed by atoms with van der Waals surface area (Å²) in [5, 5.41) is 14.5. The largest absolute Gasteiger partial charge is 0.506 e. The standard InChI is InChI=1S/C14H10ClF3N2O2/c15-9-3-6-12(21)11(7-9)20-13(22)19-10-4-1-8(2-5-10)14(16,17)18/h1-7,21H,(H2,19,20,22). The SMILES string of the molecule is O=C(Nc1ccc(C(F)(F)F)cc1)Nc1cc(Cl)ccc1O. The number of amides is 2. The fraction of sp³-hybridized carbons (Fsp3) is 0.0714.